The van der Waals surface area contributed by atoms with Crippen molar-refractivity contribution in [2.75, 3.05) is 12.4 Å². The molecule has 0 atom stereocenters. The van der Waals surface area contributed by atoms with Crippen LogP contribution < -0.4 is 10.1 Å². The van der Waals surface area contributed by atoms with E-state index in [-0.39, 0.29) is 5.91 Å². The van der Waals surface area contributed by atoms with Crippen LogP contribution in [0.3, 0.4) is 0 Å². The van der Waals surface area contributed by atoms with Gasteiger partial charge in [0.15, 0.2) is 5.76 Å². The lowest BCUT2D eigenvalue weighted by molar-refractivity contribution is 0.102. The van der Waals surface area contributed by atoms with Gasteiger partial charge in [0.1, 0.15) is 11.3 Å². The van der Waals surface area contributed by atoms with Gasteiger partial charge in [-0.1, -0.05) is 22.8 Å². The Morgan fingerprint density at radius 3 is 2.70 bits per heavy atom. The summed E-state index contributed by atoms with van der Waals surface area (Å²) >= 11 is 5.91. The van der Waals surface area contributed by atoms with Crippen LogP contribution in [-0.2, 0) is 0 Å². The molecule has 23 heavy (non-hydrogen) atoms. The van der Waals surface area contributed by atoms with Gasteiger partial charge in [-0.05, 0) is 42.5 Å². The second-order valence-electron chi connectivity index (χ2n) is 4.76. The van der Waals surface area contributed by atoms with Crippen LogP contribution in [0.5, 0.6) is 5.75 Å². The van der Waals surface area contributed by atoms with Gasteiger partial charge in [0, 0.05) is 16.3 Å². The summed E-state index contributed by atoms with van der Waals surface area (Å²) in [5.74, 6) is 0.796. The number of hydrogen-bond donors (Lipinski definition) is 1. The Balaban J connectivity index is 1.86. The third-order valence-corrected chi connectivity index (χ3v) is 3.48. The van der Waals surface area contributed by atoms with Gasteiger partial charge in [-0.15, -0.1) is 0 Å². The van der Waals surface area contributed by atoms with E-state index in [2.05, 4.69) is 10.5 Å². The first-order valence-corrected chi connectivity index (χ1v) is 7.21. The van der Waals surface area contributed by atoms with E-state index in [9.17, 15) is 4.79 Å². The maximum absolute atomic E-state index is 12.4. The van der Waals surface area contributed by atoms with E-state index in [0.29, 0.717) is 22.0 Å². The minimum absolute atomic E-state index is 0.320. The predicted octanol–water partition coefficient (Wildman–Crippen LogP) is 4.26. The number of rotatable bonds is 4. The first-order valence-electron chi connectivity index (χ1n) is 6.83. The first kappa shape index (κ1) is 15.1. The summed E-state index contributed by atoms with van der Waals surface area (Å²) in [5.41, 5.74) is 1.68. The van der Waals surface area contributed by atoms with Crippen LogP contribution in [0.15, 0.2) is 59.3 Å². The Morgan fingerprint density at radius 2 is 2.00 bits per heavy atom. The summed E-state index contributed by atoms with van der Waals surface area (Å²) in [4.78, 5) is 12.4. The van der Waals surface area contributed by atoms with E-state index in [0.717, 1.165) is 11.3 Å². The largest absolute Gasteiger partial charge is 0.497 e. The number of nitrogens with zero attached hydrogens (tertiary/aromatic N) is 1. The molecule has 116 valence electrons. The van der Waals surface area contributed by atoms with Crippen LogP contribution in [0.25, 0.3) is 11.3 Å². The van der Waals surface area contributed by atoms with Gasteiger partial charge in [-0.3, -0.25) is 4.79 Å². The number of carbonyl (C=O) groups is 1. The zero-order chi connectivity index (χ0) is 16.2. The highest BCUT2D eigenvalue weighted by atomic mass is 35.5. The van der Waals surface area contributed by atoms with Gasteiger partial charge >= 0.3 is 0 Å². The molecule has 1 amide bonds. The van der Waals surface area contributed by atoms with E-state index in [1.807, 2.05) is 0 Å². The minimum Gasteiger partial charge on any atom is -0.497 e. The molecule has 3 rings (SSSR count). The molecule has 2 aromatic carbocycles. The molecule has 0 bridgehead atoms. The number of carbonyl (C=O) groups excluding carboxylic acids is 1. The second-order valence-corrected chi connectivity index (χ2v) is 5.20. The number of benzene rings is 2. The standard InChI is InChI=1S/C17H13ClN2O3/c1-22-14-7-5-11(6-8-14)16-15(10-19-23-16)17(21)20-13-4-2-3-12(18)9-13/h2-10H,1H3,(H,20,21). The molecule has 5 nitrogen and oxygen atoms in total. The number of hydrogen-bond acceptors (Lipinski definition) is 4. The van der Waals surface area contributed by atoms with Crippen molar-refractivity contribution in [2.45, 2.75) is 0 Å². The number of amides is 1. The van der Waals surface area contributed by atoms with Gasteiger partial charge in [0.2, 0.25) is 0 Å². The third-order valence-electron chi connectivity index (χ3n) is 3.25. The molecule has 0 aliphatic rings. The SMILES string of the molecule is COc1ccc(-c2oncc2C(=O)Nc2cccc(Cl)c2)cc1. The average Bonchev–Trinajstić information content (AvgIpc) is 3.05. The molecule has 0 saturated heterocycles. The predicted molar refractivity (Wildman–Crippen MR) is 87.9 cm³/mol. The van der Waals surface area contributed by atoms with E-state index in [1.165, 1.54) is 6.20 Å². The Morgan fingerprint density at radius 1 is 1.22 bits per heavy atom. The molecule has 3 aromatic rings. The van der Waals surface area contributed by atoms with Crippen LogP contribution in [0, 0.1) is 0 Å². The highest BCUT2D eigenvalue weighted by molar-refractivity contribution is 6.31. The second kappa shape index (κ2) is 6.54. The quantitative estimate of drug-likeness (QED) is 0.777. The van der Waals surface area contributed by atoms with Crippen LogP contribution in [0.1, 0.15) is 10.4 Å². The van der Waals surface area contributed by atoms with E-state index in [4.69, 9.17) is 20.9 Å². The fraction of sp³-hybridized carbons (Fsp3) is 0.0588. The van der Waals surface area contributed by atoms with Crippen molar-refractivity contribution < 1.29 is 14.1 Å². The molecule has 1 heterocycles. The smallest absolute Gasteiger partial charge is 0.261 e. The van der Waals surface area contributed by atoms with Crippen molar-refractivity contribution in [1.82, 2.24) is 5.16 Å². The molecule has 0 spiro atoms. The summed E-state index contributed by atoms with van der Waals surface area (Å²) in [5, 5.41) is 7.04. The maximum atomic E-state index is 12.4. The molecule has 0 saturated carbocycles. The minimum atomic E-state index is -0.320. The highest BCUT2D eigenvalue weighted by Gasteiger charge is 2.18. The Hall–Kier alpha value is -2.79. The van der Waals surface area contributed by atoms with Gasteiger partial charge in [0.25, 0.3) is 5.91 Å². The number of ether oxygens (including phenoxy) is 1. The van der Waals surface area contributed by atoms with Crippen LogP contribution in [0.4, 0.5) is 5.69 Å². The Bertz CT molecular complexity index is 828. The summed E-state index contributed by atoms with van der Waals surface area (Å²) in [7, 11) is 1.59. The zero-order valence-electron chi connectivity index (χ0n) is 12.2. The number of anilines is 1. The van der Waals surface area contributed by atoms with Gasteiger partial charge in [0.05, 0.1) is 13.3 Å². The highest BCUT2D eigenvalue weighted by Crippen LogP contribution is 2.26. The van der Waals surface area contributed by atoms with Crippen molar-refractivity contribution in [3.05, 3.63) is 65.3 Å². The van der Waals surface area contributed by atoms with Crippen LogP contribution >= 0.6 is 11.6 Å². The molecule has 6 heteroatoms. The van der Waals surface area contributed by atoms with E-state index < -0.39 is 0 Å². The lowest BCUT2D eigenvalue weighted by atomic mass is 10.1. The van der Waals surface area contributed by atoms with Crippen molar-refractivity contribution in [3.8, 4) is 17.1 Å². The molecule has 0 aliphatic heterocycles. The summed E-state index contributed by atoms with van der Waals surface area (Å²) in [6.45, 7) is 0. The molecule has 0 unspecified atom stereocenters. The molecule has 1 N–H and O–H groups in total. The average molecular weight is 329 g/mol. The van der Waals surface area contributed by atoms with Gasteiger partial charge in [-0.25, -0.2) is 0 Å². The zero-order valence-corrected chi connectivity index (χ0v) is 13.0. The summed E-state index contributed by atoms with van der Waals surface area (Å²) in [6.07, 6.45) is 1.39. The molecule has 0 aliphatic carbocycles. The number of halogens is 1. The molecular formula is C17H13ClN2O3. The monoisotopic (exact) mass is 328 g/mol. The van der Waals surface area contributed by atoms with Crippen molar-refractivity contribution in [1.29, 1.82) is 0 Å². The number of nitrogens with one attached hydrogen (secondary N) is 1. The fourth-order valence-corrected chi connectivity index (χ4v) is 2.31. The molecule has 1 aromatic heterocycles. The van der Waals surface area contributed by atoms with Crippen LogP contribution in [-0.4, -0.2) is 18.2 Å². The maximum Gasteiger partial charge on any atom is 0.261 e. The van der Waals surface area contributed by atoms with Gasteiger partial charge < -0.3 is 14.6 Å². The Kier molecular flexibility index (Phi) is 4.30. The van der Waals surface area contributed by atoms with E-state index >= 15 is 0 Å². The van der Waals surface area contributed by atoms with Crippen molar-refractivity contribution in [2.24, 2.45) is 0 Å². The van der Waals surface area contributed by atoms with E-state index in [1.54, 1.807) is 55.6 Å². The molecular weight excluding hydrogens is 316 g/mol. The lowest BCUT2D eigenvalue weighted by Crippen LogP contribution is -2.11. The van der Waals surface area contributed by atoms with Crippen molar-refractivity contribution in [3.63, 3.8) is 0 Å². The number of methoxy groups -OCH3 is 1. The summed E-state index contributed by atoms with van der Waals surface area (Å²) < 4.78 is 10.3. The van der Waals surface area contributed by atoms with Gasteiger partial charge in [-0.2, -0.15) is 0 Å². The van der Waals surface area contributed by atoms with Crippen molar-refractivity contribution >= 4 is 23.2 Å². The Labute approximate surface area is 137 Å². The van der Waals surface area contributed by atoms with Crippen LogP contribution in [0.2, 0.25) is 5.02 Å². The number of aromatic nitrogens is 1. The third kappa shape index (κ3) is 3.35. The first-order chi connectivity index (χ1) is 11.2. The topological polar surface area (TPSA) is 64.4 Å². The lowest BCUT2D eigenvalue weighted by Gasteiger charge is -2.05. The summed E-state index contributed by atoms with van der Waals surface area (Å²) in [6, 6.07) is 14.1. The fourth-order valence-electron chi connectivity index (χ4n) is 2.12. The molecule has 0 radical (unpaired) electrons. The normalized spacial score (nSPS) is 10.3. The molecule has 0 fully saturated rings.